The first-order valence-corrected chi connectivity index (χ1v) is 6.22. The fourth-order valence-electron chi connectivity index (χ4n) is 2.50. The van der Waals surface area contributed by atoms with Gasteiger partial charge in [-0.05, 0) is 13.1 Å². The number of ether oxygens (including phenoxy) is 1. The Bertz CT molecular complexity index is 434. The Morgan fingerprint density at radius 1 is 1.33 bits per heavy atom. The minimum atomic E-state index is 0.0809. The van der Waals surface area contributed by atoms with Crippen molar-refractivity contribution in [2.45, 2.75) is 13.0 Å². The lowest BCUT2D eigenvalue weighted by Gasteiger charge is -2.40. The van der Waals surface area contributed by atoms with Gasteiger partial charge in [-0.1, -0.05) is 18.2 Å². The van der Waals surface area contributed by atoms with Crippen molar-refractivity contribution in [3.63, 3.8) is 0 Å². The average molecular weight is 248 g/mol. The van der Waals surface area contributed by atoms with Gasteiger partial charge in [0, 0.05) is 32.1 Å². The molecule has 0 radical (unpaired) electrons. The Hall–Kier alpha value is -1.55. The van der Waals surface area contributed by atoms with Gasteiger partial charge in [0.15, 0.2) is 0 Å². The van der Waals surface area contributed by atoms with E-state index in [1.807, 2.05) is 29.2 Å². The fourth-order valence-corrected chi connectivity index (χ4v) is 2.50. The van der Waals surface area contributed by atoms with Crippen LogP contribution in [0.25, 0.3) is 0 Å². The summed E-state index contributed by atoms with van der Waals surface area (Å²) < 4.78 is 5.41. The Labute approximate surface area is 108 Å². The van der Waals surface area contributed by atoms with Crippen LogP contribution in [0.3, 0.4) is 0 Å². The Kier molecular flexibility index (Phi) is 3.87. The van der Waals surface area contributed by atoms with Gasteiger partial charge < -0.3 is 14.5 Å². The quantitative estimate of drug-likeness (QED) is 0.795. The maximum absolute atomic E-state index is 11.8. The largest absolute Gasteiger partial charge is 0.496 e. The van der Waals surface area contributed by atoms with E-state index in [9.17, 15) is 4.79 Å². The highest BCUT2D eigenvalue weighted by molar-refractivity contribution is 5.74. The maximum Gasteiger partial charge on any atom is 0.220 e. The molecule has 1 saturated heterocycles. The molecular formula is C14H20N2O2. The van der Waals surface area contributed by atoms with E-state index in [-0.39, 0.29) is 11.9 Å². The van der Waals surface area contributed by atoms with Crippen LogP contribution in [0.4, 0.5) is 0 Å². The minimum Gasteiger partial charge on any atom is -0.496 e. The molecule has 4 heteroatoms. The van der Waals surface area contributed by atoms with Gasteiger partial charge in [-0.15, -0.1) is 0 Å². The van der Waals surface area contributed by atoms with Crippen molar-refractivity contribution in [1.29, 1.82) is 0 Å². The Morgan fingerprint density at radius 3 is 2.72 bits per heavy atom. The predicted octanol–water partition coefficient (Wildman–Crippen LogP) is 1.53. The Balaban J connectivity index is 2.34. The lowest BCUT2D eigenvalue weighted by Crippen LogP contribution is -2.48. The van der Waals surface area contributed by atoms with Crippen LogP contribution >= 0.6 is 0 Å². The number of nitrogens with zero attached hydrogens (tertiary/aromatic N) is 2. The first-order chi connectivity index (χ1) is 8.63. The number of amides is 1. The smallest absolute Gasteiger partial charge is 0.220 e. The van der Waals surface area contributed by atoms with Gasteiger partial charge in [0.2, 0.25) is 5.91 Å². The van der Waals surface area contributed by atoms with Crippen molar-refractivity contribution in [2.24, 2.45) is 0 Å². The summed E-state index contributed by atoms with van der Waals surface area (Å²) in [5, 5.41) is 0. The molecule has 1 atom stereocenters. The molecule has 1 heterocycles. The third kappa shape index (κ3) is 2.48. The zero-order valence-corrected chi connectivity index (χ0v) is 11.2. The van der Waals surface area contributed by atoms with Gasteiger partial charge in [0.25, 0.3) is 0 Å². The summed E-state index contributed by atoms with van der Waals surface area (Å²) in [7, 11) is 3.75. The zero-order chi connectivity index (χ0) is 13.1. The van der Waals surface area contributed by atoms with Crippen LogP contribution in [-0.4, -0.2) is 49.5 Å². The molecule has 18 heavy (non-hydrogen) atoms. The van der Waals surface area contributed by atoms with E-state index in [2.05, 4.69) is 11.9 Å². The van der Waals surface area contributed by atoms with Gasteiger partial charge in [-0.3, -0.25) is 4.79 Å². The SMILES string of the molecule is COc1ccccc1[C@@H]1CN(C)CCN1C(C)=O. The number of rotatable bonds is 2. The van der Waals surface area contributed by atoms with E-state index in [0.29, 0.717) is 0 Å². The van der Waals surface area contributed by atoms with Gasteiger partial charge in [-0.2, -0.15) is 0 Å². The summed E-state index contributed by atoms with van der Waals surface area (Å²) in [6, 6.07) is 8.01. The number of piperazine rings is 1. The highest BCUT2D eigenvalue weighted by Crippen LogP contribution is 2.31. The van der Waals surface area contributed by atoms with Gasteiger partial charge in [0.05, 0.1) is 13.2 Å². The van der Waals surface area contributed by atoms with Crippen molar-refractivity contribution in [3.8, 4) is 5.75 Å². The van der Waals surface area contributed by atoms with Crippen molar-refractivity contribution in [2.75, 3.05) is 33.8 Å². The summed E-state index contributed by atoms with van der Waals surface area (Å²) >= 11 is 0. The highest BCUT2D eigenvalue weighted by atomic mass is 16.5. The molecule has 0 aliphatic carbocycles. The molecule has 1 aromatic rings. The number of methoxy groups -OCH3 is 1. The summed E-state index contributed by atoms with van der Waals surface area (Å²) in [4.78, 5) is 15.9. The number of likely N-dealkylation sites (N-methyl/N-ethyl adjacent to an activating group) is 1. The molecule has 0 aromatic heterocycles. The van der Waals surface area contributed by atoms with Crippen LogP contribution < -0.4 is 4.74 Å². The van der Waals surface area contributed by atoms with Crippen molar-refractivity contribution >= 4 is 5.91 Å². The molecule has 0 spiro atoms. The fraction of sp³-hybridized carbons (Fsp3) is 0.500. The molecule has 2 rings (SSSR count). The van der Waals surface area contributed by atoms with Crippen molar-refractivity contribution < 1.29 is 9.53 Å². The van der Waals surface area contributed by atoms with Crippen LogP contribution in [0, 0.1) is 0 Å². The van der Waals surface area contributed by atoms with E-state index < -0.39 is 0 Å². The number of hydrogen-bond acceptors (Lipinski definition) is 3. The molecule has 1 amide bonds. The second-order valence-corrected chi connectivity index (χ2v) is 4.73. The molecule has 0 N–H and O–H groups in total. The van der Waals surface area contributed by atoms with E-state index >= 15 is 0 Å². The molecule has 1 aromatic carbocycles. The van der Waals surface area contributed by atoms with Crippen molar-refractivity contribution in [3.05, 3.63) is 29.8 Å². The molecule has 98 valence electrons. The van der Waals surface area contributed by atoms with Gasteiger partial charge >= 0.3 is 0 Å². The third-order valence-electron chi connectivity index (χ3n) is 3.49. The van der Waals surface area contributed by atoms with Crippen molar-refractivity contribution in [1.82, 2.24) is 9.80 Å². The monoisotopic (exact) mass is 248 g/mol. The summed E-state index contributed by atoms with van der Waals surface area (Å²) in [5.41, 5.74) is 1.08. The molecule has 0 bridgehead atoms. The van der Waals surface area contributed by atoms with E-state index in [1.54, 1.807) is 14.0 Å². The van der Waals surface area contributed by atoms with Crippen LogP contribution in [0.1, 0.15) is 18.5 Å². The number of benzene rings is 1. The second-order valence-electron chi connectivity index (χ2n) is 4.73. The number of hydrogen-bond donors (Lipinski definition) is 0. The summed E-state index contributed by atoms with van der Waals surface area (Å²) in [5.74, 6) is 0.975. The lowest BCUT2D eigenvalue weighted by atomic mass is 10.0. The van der Waals surface area contributed by atoms with Crippen LogP contribution in [0.2, 0.25) is 0 Å². The topological polar surface area (TPSA) is 32.8 Å². The van der Waals surface area contributed by atoms with Crippen LogP contribution in [-0.2, 0) is 4.79 Å². The molecule has 4 nitrogen and oxygen atoms in total. The predicted molar refractivity (Wildman–Crippen MR) is 70.6 cm³/mol. The molecule has 1 fully saturated rings. The molecule has 0 saturated carbocycles. The first kappa shape index (κ1) is 12.9. The zero-order valence-electron chi connectivity index (χ0n) is 11.2. The van der Waals surface area contributed by atoms with Crippen LogP contribution in [0.5, 0.6) is 5.75 Å². The number of carbonyl (C=O) groups excluding carboxylic acids is 1. The van der Waals surface area contributed by atoms with Gasteiger partial charge in [-0.25, -0.2) is 0 Å². The summed E-state index contributed by atoms with van der Waals surface area (Å²) in [6.07, 6.45) is 0. The van der Waals surface area contributed by atoms with Gasteiger partial charge in [0.1, 0.15) is 5.75 Å². The molecule has 1 aliphatic heterocycles. The number of para-hydroxylation sites is 1. The first-order valence-electron chi connectivity index (χ1n) is 6.22. The highest BCUT2D eigenvalue weighted by Gasteiger charge is 2.30. The van der Waals surface area contributed by atoms with Crippen LogP contribution in [0.15, 0.2) is 24.3 Å². The average Bonchev–Trinajstić information content (AvgIpc) is 2.38. The lowest BCUT2D eigenvalue weighted by molar-refractivity contribution is -0.133. The van der Waals surface area contributed by atoms with E-state index in [4.69, 9.17) is 4.74 Å². The maximum atomic E-state index is 11.8. The third-order valence-corrected chi connectivity index (χ3v) is 3.49. The van der Waals surface area contributed by atoms with E-state index in [1.165, 1.54) is 0 Å². The number of carbonyl (C=O) groups is 1. The molecule has 0 unspecified atom stereocenters. The second kappa shape index (κ2) is 5.40. The molecule has 1 aliphatic rings. The minimum absolute atomic E-state index is 0.0809. The Morgan fingerprint density at radius 2 is 2.06 bits per heavy atom. The van der Waals surface area contributed by atoms with E-state index in [0.717, 1.165) is 30.9 Å². The summed E-state index contributed by atoms with van der Waals surface area (Å²) in [6.45, 7) is 4.17. The molecular weight excluding hydrogens is 228 g/mol. The normalized spacial score (nSPS) is 20.8. The standard InChI is InChI=1S/C14H20N2O2/c1-11(17)16-9-8-15(2)10-13(16)12-6-4-5-7-14(12)18-3/h4-7,13H,8-10H2,1-3H3/t13-/m0/s1.